The van der Waals surface area contributed by atoms with Gasteiger partial charge in [-0.1, -0.05) is 179 Å². The van der Waals surface area contributed by atoms with E-state index in [0.29, 0.717) is 6.42 Å². The third kappa shape index (κ3) is 42.7. The van der Waals surface area contributed by atoms with E-state index in [0.717, 1.165) is 44.4 Å². The predicted octanol–water partition coefficient (Wildman–Crippen LogP) is 12.6. The molecule has 0 aromatic rings. The largest absolute Gasteiger partial charge is 0.469 e. The smallest absolute Gasteiger partial charge is 0.462 e. The number of ether oxygens (including phenoxy) is 2. The molecule has 0 bridgehead atoms. The molecule has 1 atom stereocenters. The Kier molecular flexibility index (Phi) is 36.9. The maximum Gasteiger partial charge on any atom is 0.469 e. The summed E-state index contributed by atoms with van der Waals surface area (Å²) in [5, 5.41) is 0. The fourth-order valence-corrected chi connectivity index (χ4v) is 6.34. The van der Waals surface area contributed by atoms with Gasteiger partial charge < -0.3 is 19.3 Å². The average molecular weight is 795 g/mol. The molecule has 0 heterocycles. The van der Waals surface area contributed by atoms with Crippen molar-refractivity contribution >= 4 is 25.5 Å². The van der Waals surface area contributed by atoms with Gasteiger partial charge in [-0.15, -0.1) is 0 Å². The Morgan fingerprint density at radius 1 is 0.582 bits per heavy atom. The lowest BCUT2D eigenvalue weighted by atomic mass is 10.0. The highest BCUT2D eigenvalue weighted by atomic mass is 31.2. The summed E-state index contributed by atoms with van der Waals surface area (Å²) in [4.78, 5) is 55.0. The minimum absolute atomic E-state index is 0.0217. The minimum Gasteiger partial charge on any atom is -0.462 e. The van der Waals surface area contributed by atoms with Gasteiger partial charge in [-0.25, -0.2) is 4.57 Å². The molecule has 0 spiro atoms. The van der Waals surface area contributed by atoms with Gasteiger partial charge in [0.15, 0.2) is 11.9 Å². The molecule has 0 radical (unpaired) electrons. The lowest BCUT2D eigenvalue weighted by molar-refractivity contribution is -0.161. The summed E-state index contributed by atoms with van der Waals surface area (Å²) in [5.74, 6) is -0.418. The molecule has 0 aliphatic rings. The van der Waals surface area contributed by atoms with Crippen molar-refractivity contribution in [3.8, 4) is 0 Å². The summed E-state index contributed by atoms with van der Waals surface area (Å²) in [6, 6.07) is 0. The third-order valence-corrected chi connectivity index (χ3v) is 9.74. The predicted molar refractivity (Wildman–Crippen MR) is 226 cm³/mol. The number of hydrogen-bond acceptors (Lipinski definition) is 7. The van der Waals surface area contributed by atoms with Crippen LogP contribution in [0.15, 0.2) is 48.6 Å². The van der Waals surface area contributed by atoms with Gasteiger partial charge in [0.1, 0.15) is 6.61 Å². The zero-order valence-electron chi connectivity index (χ0n) is 35.0. The van der Waals surface area contributed by atoms with Crippen molar-refractivity contribution in [1.29, 1.82) is 0 Å². The molecule has 2 N–H and O–H groups in total. The standard InChI is InChI=1S/C45H79O9P/c1-4-5-6-7-8-9-10-15-19-22-25-28-31-35-42(46)36-33-38-44(47)52-39-43(40-53-55(49,50)51)54-45(48)37-32-29-26-23-20-17-14-12-11-13-16-18-21-24-27-30-34-41(2)3/h8-9,15,19,25,28,31,35,41,43H,4-7,10-14,16-18,20-24,26-27,29-30,32-34,36-40H2,1-3H3,(H2,49,50,51)/b9-8-,19-15-,28-25-,35-31+/t43-/m1/s1. The summed E-state index contributed by atoms with van der Waals surface area (Å²) in [6.45, 7) is 5.80. The van der Waals surface area contributed by atoms with Crippen LogP contribution in [0.2, 0.25) is 0 Å². The summed E-state index contributed by atoms with van der Waals surface area (Å²) in [6.07, 6.45) is 42.7. The summed E-state index contributed by atoms with van der Waals surface area (Å²) in [7, 11) is -4.81. The van der Waals surface area contributed by atoms with Gasteiger partial charge in [-0.2, -0.15) is 0 Å². The molecule has 0 aliphatic carbocycles. The van der Waals surface area contributed by atoms with Crippen molar-refractivity contribution in [3.63, 3.8) is 0 Å². The van der Waals surface area contributed by atoms with E-state index in [-0.39, 0.29) is 31.5 Å². The number of rotatable bonds is 39. The molecule has 9 nitrogen and oxygen atoms in total. The van der Waals surface area contributed by atoms with Crippen LogP contribution >= 0.6 is 7.82 Å². The second kappa shape index (κ2) is 38.5. The van der Waals surface area contributed by atoms with Crippen LogP contribution in [0.4, 0.5) is 0 Å². The van der Waals surface area contributed by atoms with Crippen molar-refractivity contribution in [2.75, 3.05) is 13.2 Å². The molecular weight excluding hydrogens is 715 g/mol. The maximum absolute atomic E-state index is 12.4. The Bertz CT molecular complexity index is 1110. The lowest BCUT2D eigenvalue weighted by Crippen LogP contribution is -2.29. The number of phosphoric acid groups is 1. The van der Waals surface area contributed by atoms with E-state index in [1.165, 1.54) is 109 Å². The van der Waals surface area contributed by atoms with E-state index in [1.807, 2.05) is 12.2 Å². The van der Waals surface area contributed by atoms with Crippen molar-refractivity contribution < 1.29 is 42.7 Å². The molecule has 0 saturated carbocycles. The summed E-state index contributed by atoms with van der Waals surface area (Å²) in [5.41, 5.74) is 0. The first kappa shape index (κ1) is 52.7. The van der Waals surface area contributed by atoms with E-state index >= 15 is 0 Å². The van der Waals surface area contributed by atoms with Crippen molar-refractivity contribution in [1.82, 2.24) is 0 Å². The Morgan fingerprint density at radius 2 is 1.11 bits per heavy atom. The third-order valence-electron chi connectivity index (χ3n) is 9.25. The van der Waals surface area contributed by atoms with Gasteiger partial charge in [0, 0.05) is 19.3 Å². The molecular formula is C45H79O9P. The van der Waals surface area contributed by atoms with Crippen LogP contribution in [0.3, 0.4) is 0 Å². The number of unbranched alkanes of at least 4 members (excludes halogenated alkanes) is 18. The van der Waals surface area contributed by atoms with E-state index < -0.39 is 39.1 Å². The number of ketones is 1. The van der Waals surface area contributed by atoms with Crippen molar-refractivity contribution in [2.45, 2.75) is 200 Å². The number of carbonyl (C=O) groups excluding carboxylic acids is 3. The van der Waals surface area contributed by atoms with Crippen LogP contribution in [-0.4, -0.2) is 46.8 Å². The first-order chi connectivity index (χ1) is 26.5. The average Bonchev–Trinajstić information content (AvgIpc) is 3.13. The van der Waals surface area contributed by atoms with Crippen molar-refractivity contribution in [2.24, 2.45) is 5.92 Å². The zero-order valence-corrected chi connectivity index (χ0v) is 35.9. The maximum atomic E-state index is 12.4. The van der Waals surface area contributed by atoms with Crippen LogP contribution in [0.5, 0.6) is 0 Å². The second-order valence-corrected chi connectivity index (χ2v) is 16.4. The Hall–Kier alpha value is -2.32. The first-order valence-corrected chi connectivity index (χ1v) is 23.3. The van der Waals surface area contributed by atoms with Crippen LogP contribution < -0.4 is 0 Å². The monoisotopic (exact) mass is 795 g/mol. The molecule has 318 valence electrons. The van der Waals surface area contributed by atoms with E-state index in [1.54, 1.807) is 6.08 Å². The van der Waals surface area contributed by atoms with Gasteiger partial charge in [0.05, 0.1) is 6.61 Å². The molecule has 0 fully saturated rings. The summed E-state index contributed by atoms with van der Waals surface area (Å²) >= 11 is 0. The number of esters is 2. The zero-order chi connectivity index (χ0) is 40.7. The first-order valence-electron chi connectivity index (χ1n) is 21.7. The van der Waals surface area contributed by atoms with Crippen molar-refractivity contribution in [3.05, 3.63) is 48.6 Å². The molecule has 0 saturated heterocycles. The molecule has 55 heavy (non-hydrogen) atoms. The molecule has 0 rings (SSSR count). The van der Waals surface area contributed by atoms with Crippen LogP contribution in [0.25, 0.3) is 0 Å². The summed E-state index contributed by atoms with van der Waals surface area (Å²) < 4.78 is 26.2. The van der Waals surface area contributed by atoms with Gasteiger partial charge in [-0.05, 0) is 50.5 Å². The van der Waals surface area contributed by atoms with Gasteiger partial charge >= 0.3 is 19.8 Å². The molecule has 0 aliphatic heterocycles. The lowest BCUT2D eigenvalue weighted by Gasteiger charge is -2.18. The normalized spacial score (nSPS) is 12.9. The molecule has 0 amide bonds. The topological polar surface area (TPSA) is 136 Å². The van der Waals surface area contributed by atoms with Crippen LogP contribution in [-0.2, 0) is 32.9 Å². The molecule has 0 aromatic carbocycles. The highest BCUT2D eigenvalue weighted by Gasteiger charge is 2.23. The van der Waals surface area contributed by atoms with E-state index in [2.05, 4.69) is 49.6 Å². The molecule has 0 aromatic heterocycles. The van der Waals surface area contributed by atoms with Crippen LogP contribution in [0, 0.1) is 5.92 Å². The Balaban J connectivity index is 4.06. The van der Waals surface area contributed by atoms with Crippen LogP contribution in [0.1, 0.15) is 194 Å². The fourth-order valence-electron chi connectivity index (χ4n) is 5.98. The SMILES string of the molecule is CCCCC/C=C\C/C=C\C/C=C\C=C\C(=O)CCCC(=O)OC[C@H](COP(=O)(O)O)OC(=O)CCCCCCCCCCCCCCCCCCC(C)C. The highest BCUT2D eigenvalue weighted by Crippen LogP contribution is 2.36. The minimum atomic E-state index is -4.81. The molecule has 0 unspecified atom stereocenters. The number of hydrogen-bond donors (Lipinski definition) is 2. The quantitative estimate of drug-likeness (QED) is 0.0156. The van der Waals surface area contributed by atoms with E-state index in [9.17, 15) is 18.9 Å². The number of carbonyl (C=O) groups is 3. The van der Waals surface area contributed by atoms with Gasteiger partial charge in [0.2, 0.25) is 0 Å². The van der Waals surface area contributed by atoms with E-state index in [4.69, 9.17) is 19.3 Å². The van der Waals surface area contributed by atoms with Gasteiger partial charge in [-0.3, -0.25) is 18.9 Å². The number of allylic oxidation sites excluding steroid dienone is 8. The fraction of sp³-hybridized carbons (Fsp3) is 0.756. The Morgan fingerprint density at radius 3 is 1.67 bits per heavy atom. The Labute approximate surface area is 335 Å². The number of phosphoric ester groups is 1. The van der Waals surface area contributed by atoms with Gasteiger partial charge in [0.25, 0.3) is 0 Å². The second-order valence-electron chi connectivity index (χ2n) is 15.2. The molecule has 10 heteroatoms. The highest BCUT2D eigenvalue weighted by molar-refractivity contribution is 7.46.